The molecule has 3 aromatic rings. The minimum Gasteiger partial charge on any atom is -0.238 e. The Hall–Kier alpha value is -1.90. The number of rotatable bonds is 4. The van der Waals surface area contributed by atoms with Gasteiger partial charge in [0.25, 0.3) is 0 Å². The molecule has 4 heteroatoms. The Bertz CT molecular complexity index is 731. The summed E-state index contributed by atoms with van der Waals surface area (Å²) in [7, 11) is 0. The molecule has 0 radical (unpaired) electrons. The van der Waals surface area contributed by atoms with E-state index >= 15 is 0 Å². The van der Waals surface area contributed by atoms with Crippen LogP contribution >= 0.6 is 23.2 Å². The molecule has 116 valence electrons. The molecule has 0 atom stereocenters. The second-order valence-corrected chi connectivity index (χ2v) is 6.40. The molecule has 0 N–H and O–H groups in total. The molecule has 3 rings (SSSR count). The molecule has 0 unspecified atom stereocenters. The van der Waals surface area contributed by atoms with E-state index in [0.29, 0.717) is 6.42 Å². The van der Waals surface area contributed by atoms with Gasteiger partial charge in [-0.15, -0.1) is 0 Å². The van der Waals surface area contributed by atoms with Crippen molar-refractivity contribution < 1.29 is 0 Å². The van der Waals surface area contributed by atoms with E-state index in [1.807, 2.05) is 61.5 Å². The average molecular weight is 343 g/mol. The van der Waals surface area contributed by atoms with Gasteiger partial charge in [-0.25, -0.2) is 9.97 Å². The third-order valence-electron chi connectivity index (χ3n) is 3.53. The van der Waals surface area contributed by atoms with E-state index in [9.17, 15) is 0 Å². The van der Waals surface area contributed by atoms with Crippen molar-refractivity contribution in [2.45, 2.75) is 19.8 Å². The maximum absolute atomic E-state index is 5.93. The van der Waals surface area contributed by atoms with Crippen LogP contribution < -0.4 is 0 Å². The first kappa shape index (κ1) is 16.0. The van der Waals surface area contributed by atoms with Crippen LogP contribution in [0.15, 0.2) is 54.6 Å². The summed E-state index contributed by atoms with van der Waals surface area (Å²) < 4.78 is 0. The number of aromatic nitrogens is 2. The third kappa shape index (κ3) is 4.54. The normalized spacial score (nSPS) is 10.7. The van der Waals surface area contributed by atoms with Crippen LogP contribution in [0.25, 0.3) is 0 Å². The predicted octanol–water partition coefficient (Wildman–Crippen LogP) is 5.27. The summed E-state index contributed by atoms with van der Waals surface area (Å²) in [6.07, 6.45) is 1.47. The largest absolute Gasteiger partial charge is 0.238 e. The number of nitrogens with zero attached hydrogens (tertiary/aromatic N) is 2. The highest BCUT2D eigenvalue weighted by Gasteiger charge is 2.05. The van der Waals surface area contributed by atoms with E-state index in [4.69, 9.17) is 28.2 Å². The number of aryl methyl sites for hydroxylation is 1. The highest BCUT2D eigenvalue weighted by Crippen LogP contribution is 2.15. The van der Waals surface area contributed by atoms with Crippen LogP contribution in [0.2, 0.25) is 10.0 Å². The van der Waals surface area contributed by atoms with Crippen molar-refractivity contribution in [3.05, 3.63) is 93.0 Å². The Morgan fingerprint density at radius 3 is 1.83 bits per heavy atom. The molecule has 1 aromatic heterocycles. The number of hydrogen-bond donors (Lipinski definition) is 0. The van der Waals surface area contributed by atoms with Crippen LogP contribution in [0.3, 0.4) is 0 Å². The fourth-order valence-corrected chi connectivity index (χ4v) is 2.72. The van der Waals surface area contributed by atoms with Gasteiger partial charge in [-0.3, -0.25) is 0 Å². The van der Waals surface area contributed by atoms with Crippen molar-refractivity contribution >= 4 is 23.2 Å². The van der Waals surface area contributed by atoms with Crippen LogP contribution in [0.4, 0.5) is 0 Å². The summed E-state index contributed by atoms with van der Waals surface area (Å²) in [5.74, 6) is 0.830. The van der Waals surface area contributed by atoms with E-state index in [0.717, 1.165) is 39.2 Å². The third-order valence-corrected chi connectivity index (χ3v) is 4.03. The zero-order valence-corrected chi connectivity index (χ0v) is 14.3. The standard InChI is InChI=1S/C19H16Cl2N2/c1-13-10-18(11-14-2-6-16(20)7-3-14)23-19(22-13)12-15-4-8-17(21)9-5-15/h2-10H,11-12H2,1H3. The van der Waals surface area contributed by atoms with E-state index < -0.39 is 0 Å². The number of halogens is 2. The van der Waals surface area contributed by atoms with E-state index in [2.05, 4.69) is 4.98 Å². The highest BCUT2D eigenvalue weighted by atomic mass is 35.5. The fourth-order valence-electron chi connectivity index (χ4n) is 2.47. The molecule has 0 aliphatic carbocycles. The Kier molecular flexibility index (Phi) is 4.94. The smallest absolute Gasteiger partial charge is 0.133 e. The first-order valence-corrected chi connectivity index (χ1v) is 8.16. The van der Waals surface area contributed by atoms with Crippen molar-refractivity contribution in [3.63, 3.8) is 0 Å². The second-order valence-electron chi connectivity index (χ2n) is 5.52. The lowest BCUT2D eigenvalue weighted by molar-refractivity contribution is 0.896. The topological polar surface area (TPSA) is 25.8 Å². The van der Waals surface area contributed by atoms with Crippen LogP contribution in [-0.4, -0.2) is 9.97 Å². The molecule has 2 nitrogen and oxygen atoms in total. The van der Waals surface area contributed by atoms with E-state index in [1.54, 1.807) is 0 Å². The number of hydrogen-bond acceptors (Lipinski definition) is 2. The highest BCUT2D eigenvalue weighted by molar-refractivity contribution is 6.30. The van der Waals surface area contributed by atoms with Gasteiger partial charge in [0.1, 0.15) is 5.82 Å². The van der Waals surface area contributed by atoms with Gasteiger partial charge in [0, 0.05) is 34.3 Å². The maximum Gasteiger partial charge on any atom is 0.133 e. The Morgan fingerprint density at radius 2 is 1.26 bits per heavy atom. The lowest BCUT2D eigenvalue weighted by Crippen LogP contribution is -2.03. The summed E-state index contributed by atoms with van der Waals surface area (Å²) in [4.78, 5) is 9.23. The SMILES string of the molecule is Cc1cc(Cc2ccc(Cl)cc2)nc(Cc2ccc(Cl)cc2)n1. The monoisotopic (exact) mass is 342 g/mol. The van der Waals surface area contributed by atoms with Crippen LogP contribution in [0, 0.1) is 6.92 Å². The van der Waals surface area contributed by atoms with E-state index in [1.165, 1.54) is 5.56 Å². The lowest BCUT2D eigenvalue weighted by Gasteiger charge is -2.07. The first-order valence-electron chi connectivity index (χ1n) is 7.41. The summed E-state index contributed by atoms with van der Waals surface area (Å²) in [6, 6.07) is 17.7. The molecule has 1 heterocycles. The van der Waals surface area contributed by atoms with Crippen molar-refractivity contribution in [2.24, 2.45) is 0 Å². The van der Waals surface area contributed by atoms with Gasteiger partial charge < -0.3 is 0 Å². The van der Waals surface area contributed by atoms with Crippen molar-refractivity contribution in [3.8, 4) is 0 Å². The molecule has 2 aromatic carbocycles. The second kappa shape index (κ2) is 7.12. The molecule has 23 heavy (non-hydrogen) atoms. The summed E-state index contributed by atoms with van der Waals surface area (Å²) >= 11 is 11.9. The molecule has 0 aliphatic rings. The zero-order chi connectivity index (χ0) is 16.2. The van der Waals surface area contributed by atoms with Gasteiger partial charge in [-0.05, 0) is 48.4 Å². The Balaban J connectivity index is 1.81. The minimum absolute atomic E-state index is 0.701. The molecule has 0 bridgehead atoms. The maximum atomic E-state index is 5.93. The van der Waals surface area contributed by atoms with Crippen LogP contribution in [-0.2, 0) is 12.8 Å². The van der Waals surface area contributed by atoms with Gasteiger partial charge in [-0.1, -0.05) is 47.5 Å². The van der Waals surface area contributed by atoms with Crippen molar-refractivity contribution in [2.75, 3.05) is 0 Å². The van der Waals surface area contributed by atoms with Crippen LogP contribution in [0.1, 0.15) is 28.3 Å². The lowest BCUT2D eigenvalue weighted by atomic mass is 10.1. The van der Waals surface area contributed by atoms with Crippen LogP contribution in [0.5, 0.6) is 0 Å². The predicted molar refractivity (Wildman–Crippen MR) is 95.3 cm³/mol. The minimum atomic E-state index is 0.701. The van der Waals surface area contributed by atoms with Gasteiger partial charge >= 0.3 is 0 Å². The summed E-state index contributed by atoms with van der Waals surface area (Å²) in [5, 5.41) is 1.48. The van der Waals surface area contributed by atoms with Crippen molar-refractivity contribution in [1.29, 1.82) is 0 Å². The van der Waals surface area contributed by atoms with Gasteiger partial charge in [0.05, 0.1) is 0 Å². The first-order chi connectivity index (χ1) is 11.1. The van der Waals surface area contributed by atoms with E-state index in [-0.39, 0.29) is 0 Å². The summed E-state index contributed by atoms with van der Waals surface area (Å²) in [6.45, 7) is 2.00. The Labute approximate surface area is 146 Å². The molecule has 0 amide bonds. The van der Waals surface area contributed by atoms with Crippen molar-refractivity contribution in [1.82, 2.24) is 9.97 Å². The zero-order valence-electron chi connectivity index (χ0n) is 12.8. The molecule has 0 aliphatic heterocycles. The summed E-state index contributed by atoms with van der Waals surface area (Å²) in [5.41, 5.74) is 4.33. The quantitative estimate of drug-likeness (QED) is 0.645. The fraction of sp³-hybridized carbons (Fsp3) is 0.158. The molecule has 0 saturated carbocycles. The number of benzene rings is 2. The van der Waals surface area contributed by atoms with Gasteiger partial charge in [0.15, 0.2) is 0 Å². The Morgan fingerprint density at radius 1 is 0.739 bits per heavy atom. The average Bonchev–Trinajstić information content (AvgIpc) is 2.51. The van der Waals surface area contributed by atoms with Gasteiger partial charge in [-0.2, -0.15) is 0 Å². The molecule has 0 saturated heterocycles. The van der Waals surface area contributed by atoms with Gasteiger partial charge in [0.2, 0.25) is 0 Å². The molecule has 0 fully saturated rings. The molecular formula is C19H16Cl2N2. The molecular weight excluding hydrogens is 327 g/mol. The molecule has 0 spiro atoms.